The lowest BCUT2D eigenvalue weighted by atomic mass is 10.1. The second kappa shape index (κ2) is 6.46. The molecule has 0 saturated carbocycles. The second-order valence-corrected chi connectivity index (χ2v) is 7.69. The van der Waals surface area contributed by atoms with E-state index in [1.807, 2.05) is 39.8 Å². The number of likely N-dealkylation sites (N-methyl/N-ethyl adjacent to an activating group) is 1. The molecule has 0 aromatic heterocycles. The van der Waals surface area contributed by atoms with Crippen LogP contribution in [0.25, 0.3) is 0 Å². The fraction of sp³-hybridized carbons (Fsp3) is 0.625. The molecular formula is C16H25NO3S. The van der Waals surface area contributed by atoms with Crippen LogP contribution in [0.1, 0.15) is 36.5 Å². The molecule has 1 aromatic carbocycles. The fourth-order valence-electron chi connectivity index (χ4n) is 3.12. The first-order valence-corrected chi connectivity index (χ1v) is 9.00. The van der Waals surface area contributed by atoms with E-state index in [9.17, 15) is 8.42 Å². The molecule has 1 unspecified atom stereocenters. The third-order valence-corrected chi connectivity index (χ3v) is 6.23. The maximum atomic E-state index is 13.0. The SMILES string of the molecule is CCN(CC1CCCO1)S(=O)(=O)c1c(C)cc(C)cc1C. The monoisotopic (exact) mass is 311 g/mol. The van der Waals surface area contributed by atoms with Gasteiger partial charge in [0, 0.05) is 19.7 Å². The molecule has 5 heteroatoms. The Hall–Kier alpha value is -0.910. The van der Waals surface area contributed by atoms with Crippen molar-refractivity contribution in [2.75, 3.05) is 19.7 Å². The number of aryl methyl sites for hydroxylation is 3. The van der Waals surface area contributed by atoms with Crippen molar-refractivity contribution in [2.24, 2.45) is 0 Å². The zero-order chi connectivity index (χ0) is 15.6. The summed E-state index contributed by atoms with van der Waals surface area (Å²) in [6, 6.07) is 3.86. The number of ether oxygens (including phenoxy) is 1. The molecular weight excluding hydrogens is 286 g/mol. The first kappa shape index (κ1) is 16.5. The van der Waals surface area contributed by atoms with Gasteiger partial charge in [0.15, 0.2) is 0 Å². The Balaban J connectivity index is 2.35. The Morgan fingerprint density at radius 3 is 2.33 bits per heavy atom. The van der Waals surface area contributed by atoms with Gasteiger partial charge in [0.05, 0.1) is 11.0 Å². The van der Waals surface area contributed by atoms with Gasteiger partial charge in [0.1, 0.15) is 0 Å². The van der Waals surface area contributed by atoms with Crippen LogP contribution in [0.3, 0.4) is 0 Å². The van der Waals surface area contributed by atoms with Gasteiger partial charge >= 0.3 is 0 Å². The zero-order valence-corrected chi connectivity index (χ0v) is 14.2. The van der Waals surface area contributed by atoms with E-state index >= 15 is 0 Å². The molecule has 4 nitrogen and oxygen atoms in total. The van der Waals surface area contributed by atoms with E-state index < -0.39 is 10.0 Å². The van der Waals surface area contributed by atoms with Crippen LogP contribution in [0.4, 0.5) is 0 Å². The highest BCUT2D eigenvalue weighted by atomic mass is 32.2. The van der Waals surface area contributed by atoms with E-state index in [0.717, 1.165) is 36.1 Å². The quantitative estimate of drug-likeness (QED) is 0.840. The Kier molecular flexibility index (Phi) is 5.07. The maximum absolute atomic E-state index is 13.0. The minimum atomic E-state index is -3.46. The van der Waals surface area contributed by atoms with Gasteiger partial charge in [0.2, 0.25) is 10.0 Å². The van der Waals surface area contributed by atoms with E-state index in [4.69, 9.17) is 4.74 Å². The van der Waals surface area contributed by atoms with Gasteiger partial charge in [-0.25, -0.2) is 8.42 Å². The van der Waals surface area contributed by atoms with Gasteiger partial charge in [0.25, 0.3) is 0 Å². The summed E-state index contributed by atoms with van der Waals surface area (Å²) in [7, 11) is -3.46. The summed E-state index contributed by atoms with van der Waals surface area (Å²) in [6.07, 6.45) is 1.99. The number of rotatable bonds is 5. The van der Waals surface area contributed by atoms with Gasteiger partial charge in [-0.3, -0.25) is 0 Å². The lowest BCUT2D eigenvalue weighted by Gasteiger charge is -2.25. The molecule has 0 amide bonds. The molecule has 1 aromatic rings. The lowest BCUT2D eigenvalue weighted by Crippen LogP contribution is -2.37. The van der Waals surface area contributed by atoms with Crippen molar-refractivity contribution in [3.8, 4) is 0 Å². The van der Waals surface area contributed by atoms with E-state index in [-0.39, 0.29) is 6.10 Å². The van der Waals surface area contributed by atoms with Crippen molar-refractivity contribution in [1.29, 1.82) is 0 Å². The summed E-state index contributed by atoms with van der Waals surface area (Å²) >= 11 is 0. The molecule has 0 radical (unpaired) electrons. The molecule has 1 heterocycles. The van der Waals surface area contributed by atoms with E-state index in [2.05, 4.69) is 0 Å². The summed E-state index contributed by atoms with van der Waals surface area (Å²) in [4.78, 5) is 0.452. The van der Waals surface area contributed by atoms with Crippen molar-refractivity contribution >= 4 is 10.0 Å². The fourth-order valence-corrected chi connectivity index (χ4v) is 5.01. The predicted molar refractivity (Wildman–Crippen MR) is 84.1 cm³/mol. The van der Waals surface area contributed by atoms with Crippen LogP contribution in [0.15, 0.2) is 17.0 Å². The van der Waals surface area contributed by atoms with Crippen molar-refractivity contribution in [1.82, 2.24) is 4.31 Å². The van der Waals surface area contributed by atoms with Crippen LogP contribution in [0.5, 0.6) is 0 Å². The standard InChI is InChI=1S/C16H25NO3S/c1-5-17(11-15-7-6-8-20-15)21(18,19)16-13(3)9-12(2)10-14(16)4/h9-10,15H,5-8,11H2,1-4H3. The first-order chi connectivity index (χ1) is 9.86. The number of hydrogen-bond donors (Lipinski definition) is 0. The van der Waals surface area contributed by atoms with E-state index in [1.54, 1.807) is 4.31 Å². The van der Waals surface area contributed by atoms with Crippen LogP contribution < -0.4 is 0 Å². The second-order valence-electron chi connectivity index (χ2n) is 5.82. The molecule has 0 spiro atoms. The Morgan fingerprint density at radius 2 is 1.86 bits per heavy atom. The topological polar surface area (TPSA) is 46.6 Å². The van der Waals surface area contributed by atoms with Crippen LogP contribution in [-0.2, 0) is 14.8 Å². The van der Waals surface area contributed by atoms with Crippen LogP contribution in [-0.4, -0.2) is 38.5 Å². The van der Waals surface area contributed by atoms with Crippen LogP contribution in [0, 0.1) is 20.8 Å². The molecule has 1 aliphatic rings. The van der Waals surface area contributed by atoms with E-state index in [1.165, 1.54) is 0 Å². The van der Waals surface area contributed by atoms with E-state index in [0.29, 0.717) is 18.0 Å². The number of sulfonamides is 1. The summed E-state index contributed by atoms with van der Waals surface area (Å²) < 4.78 is 33.1. The largest absolute Gasteiger partial charge is 0.377 e. The number of nitrogens with zero attached hydrogens (tertiary/aromatic N) is 1. The van der Waals surface area contributed by atoms with Crippen molar-refractivity contribution < 1.29 is 13.2 Å². The third kappa shape index (κ3) is 3.47. The van der Waals surface area contributed by atoms with Gasteiger partial charge in [-0.05, 0) is 44.7 Å². The molecule has 0 N–H and O–H groups in total. The average Bonchev–Trinajstić information content (AvgIpc) is 2.86. The van der Waals surface area contributed by atoms with Crippen LogP contribution in [0.2, 0.25) is 0 Å². The maximum Gasteiger partial charge on any atom is 0.243 e. The molecule has 1 aliphatic heterocycles. The molecule has 2 rings (SSSR count). The Labute approximate surface area is 128 Å². The highest BCUT2D eigenvalue weighted by molar-refractivity contribution is 7.89. The average molecular weight is 311 g/mol. The molecule has 1 atom stereocenters. The van der Waals surface area contributed by atoms with Gasteiger partial charge < -0.3 is 4.74 Å². The molecule has 0 bridgehead atoms. The molecule has 1 fully saturated rings. The van der Waals surface area contributed by atoms with Gasteiger partial charge in [-0.2, -0.15) is 4.31 Å². The van der Waals surface area contributed by atoms with Crippen LogP contribution >= 0.6 is 0 Å². The smallest absolute Gasteiger partial charge is 0.243 e. The van der Waals surface area contributed by atoms with Crippen molar-refractivity contribution in [3.05, 3.63) is 28.8 Å². The lowest BCUT2D eigenvalue weighted by molar-refractivity contribution is 0.0946. The van der Waals surface area contributed by atoms with Crippen molar-refractivity contribution in [2.45, 2.75) is 51.5 Å². The Bertz CT molecular complexity index is 581. The highest BCUT2D eigenvalue weighted by Crippen LogP contribution is 2.26. The van der Waals surface area contributed by atoms with Gasteiger partial charge in [-0.15, -0.1) is 0 Å². The molecule has 1 saturated heterocycles. The summed E-state index contributed by atoms with van der Waals surface area (Å²) in [5.41, 5.74) is 2.72. The summed E-state index contributed by atoms with van der Waals surface area (Å²) in [5, 5.41) is 0. The molecule has 0 aliphatic carbocycles. The minimum Gasteiger partial charge on any atom is -0.377 e. The molecule has 118 valence electrons. The molecule has 21 heavy (non-hydrogen) atoms. The summed E-state index contributed by atoms with van der Waals surface area (Å²) in [6.45, 7) is 9.26. The Morgan fingerprint density at radius 1 is 1.24 bits per heavy atom. The first-order valence-electron chi connectivity index (χ1n) is 7.56. The number of hydrogen-bond acceptors (Lipinski definition) is 3. The van der Waals surface area contributed by atoms with Crippen molar-refractivity contribution in [3.63, 3.8) is 0 Å². The number of benzene rings is 1. The third-order valence-electron chi connectivity index (χ3n) is 3.99. The van der Waals surface area contributed by atoms with Gasteiger partial charge in [-0.1, -0.05) is 24.6 Å². The predicted octanol–water partition coefficient (Wildman–Crippen LogP) is 2.80. The highest BCUT2D eigenvalue weighted by Gasteiger charge is 2.30. The zero-order valence-electron chi connectivity index (χ0n) is 13.3. The summed E-state index contributed by atoms with van der Waals surface area (Å²) in [5.74, 6) is 0. The minimum absolute atomic E-state index is 0.0331. The normalized spacial score (nSPS) is 19.4.